The Morgan fingerprint density at radius 3 is 2.26 bits per heavy atom. The fraction of sp³-hybridized carbons (Fsp3) is 0.542. The van der Waals surface area contributed by atoms with Crippen LogP contribution in [0.25, 0.3) is 0 Å². The van der Waals surface area contributed by atoms with E-state index in [1.54, 1.807) is 11.9 Å². The number of hydrogen-bond acceptors (Lipinski definition) is 5. The number of unbranched alkanes of at least 4 members (excludes halogenated alkanes) is 3. The van der Waals surface area contributed by atoms with Crippen molar-refractivity contribution in [2.24, 2.45) is 0 Å². The molecule has 1 aromatic heterocycles. The number of halogens is 3. The van der Waals surface area contributed by atoms with Gasteiger partial charge in [-0.15, -0.1) is 0 Å². The molecule has 35 heavy (non-hydrogen) atoms. The van der Waals surface area contributed by atoms with Crippen LogP contribution in [0.1, 0.15) is 57.1 Å². The number of carbonyl (C=O) groups excluding carboxylic acids is 1. The molecule has 1 amide bonds. The molecule has 0 unspecified atom stereocenters. The SMILES string of the molecule is CCCCCN(C(=O)CN(C)Cc1ccc(C(F)(F)F)cc1)c1c(N)n(CCCC)c(=O)[nH]c1=O. The smallest absolute Gasteiger partial charge is 0.383 e. The van der Waals surface area contributed by atoms with Crippen LogP contribution in [0.3, 0.4) is 0 Å². The number of nitrogens with one attached hydrogen (secondary N) is 1. The van der Waals surface area contributed by atoms with Gasteiger partial charge < -0.3 is 10.6 Å². The van der Waals surface area contributed by atoms with Crippen molar-refractivity contribution in [3.63, 3.8) is 0 Å². The number of alkyl halides is 3. The molecule has 1 aromatic carbocycles. The highest BCUT2D eigenvalue weighted by atomic mass is 19.4. The van der Waals surface area contributed by atoms with Gasteiger partial charge in [-0.2, -0.15) is 13.2 Å². The van der Waals surface area contributed by atoms with E-state index in [0.717, 1.165) is 31.4 Å². The predicted molar refractivity (Wildman–Crippen MR) is 130 cm³/mol. The van der Waals surface area contributed by atoms with E-state index < -0.39 is 28.9 Å². The van der Waals surface area contributed by atoms with Crippen LogP contribution in [-0.4, -0.2) is 40.5 Å². The molecule has 0 atom stereocenters. The first-order valence-electron chi connectivity index (χ1n) is 11.8. The molecule has 1 heterocycles. The molecule has 2 aromatic rings. The number of aromatic nitrogens is 2. The highest BCUT2D eigenvalue weighted by molar-refractivity contribution is 5.96. The second-order valence-corrected chi connectivity index (χ2v) is 8.62. The molecule has 0 saturated heterocycles. The van der Waals surface area contributed by atoms with Crippen LogP contribution in [0.2, 0.25) is 0 Å². The lowest BCUT2D eigenvalue weighted by molar-refractivity contribution is -0.137. The highest BCUT2D eigenvalue weighted by Crippen LogP contribution is 2.29. The molecule has 0 fully saturated rings. The van der Waals surface area contributed by atoms with Crippen molar-refractivity contribution in [2.45, 2.75) is 65.2 Å². The lowest BCUT2D eigenvalue weighted by Crippen LogP contribution is -2.45. The number of nitrogen functional groups attached to an aromatic ring is 1. The molecule has 0 aliphatic rings. The number of aromatic amines is 1. The van der Waals surface area contributed by atoms with E-state index in [-0.39, 0.29) is 31.1 Å². The Morgan fingerprint density at radius 1 is 1.06 bits per heavy atom. The molecule has 8 nitrogen and oxygen atoms in total. The summed E-state index contributed by atoms with van der Waals surface area (Å²) < 4.78 is 39.7. The van der Waals surface area contributed by atoms with Gasteiger partial charge >= 0.3 is 11.9 Å². The van der Waals surface area contributed by atoms with Gasteiger partial charge in [0.2, 0.25) is 5.91 Å². The molecule has 0 aliphatic carbocycles. The minimum Gasteiger partial charge on any atom is -0.383 e. The number of nitrogens with zero attached hydrogens (tertiary/aromatic N) is 3. The van der Waals surface area contributed by atoms with Crippen LogP contribution >= 0.6 is 0 Å². The molecular formula is C24H34F3N5O3. The first kappa shape index (κ1) is 28.2. The Morgan fingerprint density at radius 2 is 1.69 bits per heavy atom. The van der Waals surface area contributed by atoms with E-state index in [2.05, 4.69) is 4.98 Å². The normalized spacial score (nSPS) is 11.7. The summed E-state index contributed by atoms with van der Waals surface area (Å²) in [7, 11) is 1.66. The van der Waals surface area contributed by atoms with Gasteiger partial charge in [0.1, 0.15) is 5.82 Å². The summed E-state index contributed by atoms with van der Waals surface area (Å²) in [6.07, 6.45) is -0.558. The number of nitrogens with two attached hydrogens (primary N) is 1. The maximum absolute atomic E-state index is 13.3. The van der Waals surface area contributed by atoms with Crippen molar-refractivity contribution in [2.75, 3.05) is 30.8 Å². The quantitative estimate of drug-likeness (QED) is 0.436. The Kier molecular flexibility index (Phi) is 10.1. The van der Waals surface area contributed by atoms with E-state index in [1.165, 1.54) is 21.6 Å². The molecule has 194 valence electrons. The van der Waals surface area contributed by atoms with Crippen LogP contribution in [0.5, 0.6) is 0 Å². The van der Waals surface area contributed by atoms with Gasteiger partial charge in [-0.25, -0.2) is 4.79 Å². The standard InChI is InChI=1S/C24H34F3N5O3/c1-4-6-8-14-31(20-21(28)32(13-7-5-2)23(35)29-22(20)34)19(33)16-30(3)15-17-9-11-18(12-10-17)24(25,26)27/h9-12H,4-8,13-16,28H2,1-3H3,(H,29,34,35). The number of likely N-dealkylation sites (N-methyl/N-ethyl adjacent to an activating group) is 1. The Bertz CT molecular complexity index is 1090. The summed E-state index contributed by atoms with van der Waals surface area (Å²) in [6, 6.07) is 4.74. The number of benzene rings is 1. The molecule has 0 aliphatic heterocycles. The van der Waals surface area contributed by atoms with Crippen molar-refractivity contribution in [3.05, 3.63) is 56.2 Å². The lowest BCUT2D eigenvalue weighted by Gasteiger charge is -2.27. The van der Waals surface area contributed by atoms with Crippen LogP contribution < -0.4 is 21.9 Å². The van der Waals surface area contributed by atoms with E-state index in [0.29, 0.717) is 24.9 Å². The first-order chi connectivity index (χ1) is 16.5. The maximum Gasteiger partial charge on any atom is 0.416 e. The lowest BCUT2D eigenvalue weighted by atomic mass is 10.1. The molecule has 0 bridgehead atoms. The minimum atomic E-state index is -4.42. The topological polar surface area (TPSA) is 104 Å². The molecule has 11 heteroatoms. The van der Waals surface area contributed by atoms with Crippen LogP contribution in [0, 0.1) is 0 Å². The largest absolute Gasteiger partial charge is 0.416 e. The maximum atomic E-state index is 13.3. The summed E-state index contributed by atoms with van der Waals surface area (Å²) in [5.74, 6) is -0.448. The third kappa shape index (κ3) is 7.71. The van der Waals surface area contributed by atoms with Crippen molar-refractivity contribution >= 4 is 17.4 Å². The second kappa shape index (κ2) is 12.6. The molecule has 2 rings (SSSR count). The number of carbonyl (C=O) groups is 1. The fourth-order valence-electron chi connectivity index (χ4n) is 3.74. The average Bonchev–Trinajstić information content (AvgIpc) is 2.77. The number of hydrogen-bond donors (Lipinski definition) is 2. The van der Waals surface area contributed by atoms with E-state index in [9.17, 15) is 27.6 Å². The van der Waals surface area contributed by atoms with Gasteiger partial charge in [-0.3, -0.25) is 24.0 Å². The number of rotatable bonds is 12. The minimum absolute atomic E-state index is 0.0512. The second-order valence-electron chi connectivity index (χ2n) is 8.62. The van der Waals surface area contributed by atoms with Gasteiger partial charge in [-0.05, 0) is 37.6 Å². The first-order valence-corrected chi connectivity index (χ1v) is 11.8. The summed E-state index contributed by atoms with van der Waals surface area (Å²) in [5.41, 5.74) is 4.68. The molecule has 0 spiro atoms. The molecule has 0 radical (unpaired) electrons. The molecule has 0 saturated carbocycles. The summed E-state index contributed by atoms with van der Waals surface area (Å²) in [4.78, 5) is 43.5. The van der Waals surface area contributed by atoms with Gasteiger partial charge in [-0.1, -0.05) is 45.2 Å². The Hall–Kier alpha value is -3.08. The fourth-order valence-corrected chi connectivity index (χ4v) is 3.74. The average molecular weight is 498 g/mol. The van der Waals surface area contributed by atoms with Crippen molar-refractivity contribution < 1.29 is 18.0 Å². The zero-order valence-electron chi connectivity index (χ0n) is 20.5. The van der Waals surface area contributed by atoms with Crippen molar-refractivity contribution in [1.29, 1.82) is 0 Å². The monoisotopic (exact) mass is 497 g/mol. The third-order valence-electron chi connectivity index (χ3n) is 5.64. The zero-order valence-corrected chi connectivity index (χ0v) is 20.5. The van der Waals surface area contributed by atoms with E-state index >= 15 is 0 Å². The van der Waals surface area contributed by atoms with Crippen LogP contribution in [0.15, 0.2) is 33.9 Å². The van der Waals surface area contributed by atoms with E-state index in [1.807, 2.05) is 13.8 Å². The predicted octanol–water partition coefficient (Wildman–Crippen LogP) is 3.59. The zero-order chi connectivity index (χ0) is 26.2. The van der Waals surface area contributed by atoms with Gasteiger partial charge in [0.05, 0.1) is 12.1 Å². The third-order valence-corrected chi connectivity index (χ3v) is 5.64. The van der Waals surface area contributed by atoms with Crippen molar-refractivity contribution in [3.8, 4) is 0 Å². The Labute approximate surface area is 202 Å². The van der Waals surface area contributed by atoms with Gasteiger partial charge in [0.25, 0.3) is 5.56 Å². The molecule has 3 N–H and O–H groups in total. The van der Waals surface area contributed by atoms with Crippen molar-refractivity contribution in [1.82, 2.24) is 14.5 Å². The van der Waals surface area contributed by atoms with Gasteiger partial charge in [0, 0.05) is 19.6 Å². The Balaban J connectivity index is 2.27. The highest BCUT2D eigenvalue weighted by Gasteiger charge is 2.30. The van der Waals surface area contributed by atoms with Crippen LogP contribution in [0.4, 0.5) is 24.7 Å². The summed E-state index contributed by atoms with van der Waals surface area (Å²) >= 11 is 0. The van der Waals surface area contributed by atoms with Crippen LogP contribution in [-0.2, 0) is 24.1 Å². The number of H-pyrrole nitrogens is 1. The summed E-state index contributed by atoms with van der Waals surface area (Å²) in [6.45, 7) is 4.67. The van der Waals surface area contributed by atoms with Gasteiger partial charge in [0.15, 0.2) is 5.69 Å². The van der Waals surface area contributed by atoms with E-state index in [4.69, 9.17) is 5.73 Å². The summed E-state index contributed by atoms with van der Waals surface area (Å²) in [5, 5.41) is 0. The number of anilines is 2. The number of amides is 1. The molecular weight excluding hydrogens is 463 g/mol.